The average molecular weight is 221 g/mol. The lowest BCUT2D eigenvalue weighted by Gasteiger charge is -2.00. The largest absolute Gasteiger partial charge is 0.237 e. The van der Waals surface area contributed by atoms with Gasteiger partial charge in [-0.05, 0) is 18.2 Å². The molecular formula is C12H7N5. The SMILES string of the molecule is N#Cc1cnc2c(cnn2-c2ccccn2)c1. The Labute approximate surface area is 97.0 Å². The Morgan fingerprint density at radius 2 is 2.12 bits per heavy atom. The summed E-state index contributed by atoms with van der Waals surface area (Å²) in [5, 5.41) is 13.8. The number of hydrogen-bond donors (Lipinski definition) is 0. The van der Waals surface area contributed by atoms with E-state index in [1.165, 1.54) is 6.20 Å². The summed E-state index contributed by atoms with van der Waals surface area (Å²) in [6, 6.07) is 9.40. The highest BCUT2D eigenvalue weighted by molar-refractivity contribution is 5.77. The van der Waals surface area contributed by atoms with Crippen LogP contribution in [0, 0.1) is 11.3 Å². The van der Waals surface area contributed by atoms with Crippen LogP contribution in [0.3, 0.4) is 0 Å². The molecule has 0 unspecified atom stereocenters. The van der Waals surface area contributed by atoms with Crippen molar-refractivity contribution in [2.75, 3.05) is 0 Å². The van der Waals surface area contributed by atoms with Gasteiger partial charge in [-0.25, -0.2) is 9.97 Å². The molecule has 0 fully saturated rings. The van der Waals surface area contributed by atoms with Crippen LogP contribution in [-0.2, 0) is 0 Å². The number of nitriles is 1. The third kappa shape index (κ3) is 1.52. The van der Waals surface area contributed by atoms with Gasteiger partial charge in [0.05, 0.1) is 11.8 Å². The van der Waals surface area contributed by atoms with E-state index >= 15 is 0 Å². The van der Waals surface area contributed by atoms with Gasteiger partial charge >= 0.3 is 0 Å². The van der Waals surface area contributed by atoms with Crippen molar-refractivity contribution in [3.8, 4) is 11.9 Å². The molecule has 3 heterocycles. The lowest BCUT2D eigenvalue weighted by Crippen LogP contribution is -1.99. The van der Waals surface area contributed by atoms with Crippen molar-refractivity contribution in [2.45, 2.75) is 0 Å². The smallest absolute Gasteiger partial charge is 0.164 e. The van der Waals surface area contributed by atoms with Crippen molar-refractivity contribution in [1.29, 1.82) is 5.26 Å². The standard InChI is InChI=1S/C12H7N5/c13-6-9-5-10-8-16-17(12(10)15-7-9)11-3-1-2-4-14-11/h1-5,7-8H. The maximum atomic E-state index is 8.79. The van der Waals surface area contributed by atoms with Gasteiger partial charge in [0, 0.05) is 17.8 Å². The molecule has 0 aliphatic heterocycles. The van der Waals surface area contributed by atoms with Crippen LogP contribution in [-0.4, -0.2) is 19.7 Å². The maximum Gasteiger partial charge on any atom is 0.164 e. The number of aromatic nitrogens is 4. The van der Waals surface area contributed by atoms with E-state index in [0.717, 1.165) is 5.39 Å². The summed E-state index contributed by atoms with van der Waals surface area (Å²) in [5.74, 6) is 0.708. The van der Waals surface area contributed by atoms with Crippen molar-refractivity contribution in [2.24, 2.45) is 0 Å². The minimum absolute atomic E-state index is 0.526. The highest BCUT2D eigenvalue weighted by Gasteiger charge is 2.07. The van der Waals surface area contributed by atoms with Crippen LogP contribution in [0.1, 0.15) is 5.56 Å². The van der Waals surface area contributed by atoms with Gasteiger partial charge in [0.15, 0.2) is 11.5 Å². The Balaban J connectivity index is 2.23. The van der Waals surface area contributed by atoms with Gasteiger partial charge in [0.25, 0.3) is 0 Å². The first-order valence-corrected chi connectivity index (χ1v) is 5.04. The number of hydrogen-bond acceptors (Lipinski definition) is 4. The van der Waals surface area contributed by atoms with E-state index in [0.29, 0.717) is 17.0 Å². The van der Waals surface area contributed by atoms with Gasteiger partial charge in [-0.3, -0.25) is 0 Å². The second kappa shape index (κ2) is 3.68. The zero-order valence-corrected chi connectivity index (χ0v) is 8.78. The average Bonchev–Trinajstić information content (AvgIpc) is 2.82. The highest BCUT2D eigenvalue weighted by atomic mass is 15.3. The predicted octanol–water partition coefficient (Wildman–Crippen LogP) is 1.69. The lowest BCUT2D eigenvalue weighted by molar-refractivity contribution is 0.863. The fourth-order valence-electron chi connectivity index (χ4n) is 1.63. The third-order valence-corrected chi connectivity index (χ3v) is 2.40. The van der Waals surface area contributed by atoms with Crippen LogP contribution in [0.4, 0.5) is 0 Å². The van der Waals surface area contributed by atoms with E-state index < -0.39 is 0 Å². The fraction of sp³-hybridized carbons (Fsp3) is 0. The molecule has 0 amide bonds. The summed E-state index contributed by atoms with van der Waals surface area (Å²) in [6.07, 6.45) is 4.91. The molecule has 17 heavy (non-hydrogen) atoms. The van der Waals surface area contributed by atoms with Crippen molar-refractivity contribution in [1.82, 2.24) is 19.7 Å². The minimum atomic E-state index is 0.526. The summed E-state index contributed by atoms with van der Waals surface area (Å²) in [6.45, 7) is 0. The molecule has 0 atom stereocenters. The second-order valence-corrected chi connectivity index (χ2v) is 3.49. The molecule has 0 bridgehead atoms. The molecule has 3 rings (SSSR count). The Morgan fingerprint density at radius 1 is 1.18 bits per heavy atom. The molecule has 0 aromatic carbocycles. The quantitative estimate of drug-likeness (QED) is 0.627. The number of rotatable bonds is 1. The van der Waals surface area contributed by atoms with Crippen molar-refractivity contribution >= 4 is 11.0 Å². The minimum Gasteiger partial charge on any atom is -0.237 e. The molecule has 5 heteroatoms. The topological polar surface area (TPSA) is 67.4 Å². The molecule has 0 aliphatic rings. The van der Waals surface area contributed by atoms with Crippen LogP contribution in [0.25, 0.3) is 16.9 Å². The number of nitrogens with zero attached hydrogens (tertiary/aromatic N) is 5. The summed E-state index contributed by atoms with van der Waals surface area (Å²) in [4.78, 5) is 8.44. The van der Waals surface area contributed by atoms with Crippen LogP contribution in [0.15, 0.2) is 42.9 Å². The monoisotopic (exact) mass is 221 g/mol. The predicted molar refractivity (Wildman–Crippen MR) is 61.4 cm³/mol. The molecule has 3 aromatic rings. The number of fused-ring (bicyclic) bond motifs is 1. The third-order valence-electron chi connectivity index (χ3n) is 2.40. The van der Waals surface area contributed by atoms with E-state index in [1.807, 2.05) is 18.2 Å². The van der Waals surface area contributed by atoms with Gasteiger partial charge in [-0.15, -0.1) is 0 Å². The van der Waals surface area contributed by atoms with E-state index in [-0.39, 0.29) is 0 Å². The van der Waals surface area contributed by atoms with Crippen molar-refractivity contribution in [3.05, 3.63) is 48.4 Å². The summed E-state index contributed by atoms with van der Waals surface area (Å²) >= 11 is 0. The molecule has 80 valence electrons. The van der Waals surface area contributed by atoms with Crippen LogP contribution >= 0.6 is 0 Å². The Bertz CT molecular complexity index is 709. The Kier molecular flexibility index (Phi) is 2.06. The van der Waals surface area contributed by atoms with E-state index in [4.69, 9.17) is 5.26 Å². The second-order valence-electron chi connectivity index (χ2n) is 3.49. The summed E-state index contributed by atoms with van der Waals surface area (Å²) in [7, 11) is 0. The Hall–Kier alpha value is -2.74. The van der Waals surface area contributed by atoms with Crippen molar-refractivity contribution in [3.63, 3.8) is 0 Å². The molecule has 0 N–H and O–H groups in total. The van der Waals surface area contributed by atoms with Crippen LogP contribution < -0.4 is 0 Å². The summed E-state index contributed by atoms with van der Waals surface area (Å²) in [5.41, 5.74) is 1.22. The zero-order valence-electron chi connectivity index (χ0n) is 8.78. The first kappa shape index (κ1) is 9.48. The van der Waals surface area contributed by atoms with Gasteiger partial charge in [-0.2, -0.15) is 15.0 Å². The van der Waals surface area contributed by atoms with Gasteiger partial charge < -0.3 is 0 Å². The molecule has 0 aliphatic carbocycles. The first-order chi connectivity index (χ1) is 8.38. The lowest BCUT2D eigenvalue weighted by atomic mass is 10.2. The molecule has 3 aromatic heterocycles. The number of pyridine rings is 2. The summed E-state index contributed by atoms with van der Waals surface area (Å²) < 4.78 is 1.65. The normalized spacial score (nSPS) is 10.3. The van der Waals surface area contributed by atoms with E-state index in [2.05, 4.69) is 21.1 Å². The van der Waals surface area contributed by atoms with Crippen LogP contribution in [0.5, 0.6) is 0 Å². The van der Waals surface area contributed by atoms with E-state index in [9.17, 15) is 0 Å². The molecule has 0 spiro atoms. The van der Waals surface area contributed by atoms with E-state index in [1.54, 1.807) is 23.1 Å². The highest BCUT2D eigenvalue weighted by Crippen LogP contribution is 2.15. The Morgan fingerprint density at radius 3 is 2.88 bits per heavy atom. The van der Waals surface area contributed by atoms with Crippen molar-refractivity contribution < 1.29 is 0 Å². The first-order valence-electron chi connectivity index (χ1n) is 5.04. The molecule has 0 saturated heterocycles. The molecular weight excluding hydrogens is 214 g/mol. The van der Waals surface area contributed by atoms with Gasteiger partial charge in [-0.1, -0.05) is 6.07 Å². The molecule has 5 nitrogen and oxygen atoms in total. The fourth-order valence-corrected chi connectivity index (χ4v) is 1.63. The molecule has 0 radical (unpaired) electrons. The maximum absolute atomic E-state index is 8.79. The van der Waals surface area contributed by atoms with Gasteiger partial charge in [0.1, 0.15) is 6.07 Å². The van der Waals surface area contributed by atoms with Gasteiger partial charge in [0.2, 0.25) is 0 Å². The zero-order chi connectivity index (χ0) is 11.7. The van der Waals surface area contributed by atoms with Crippen LogP contribution in [0.2, 0.25) is 0 Å². The molecule has 0 saturated carbocycles.